The van der Waals surface area contributed by atoms with E-state index in [9.17, 15) is 9.59 Å². The third-order valence-corrected chi connectivity index (χ3v) is 3.78. The molecular weight excluding hydrogens is 330 g/mol. The lowest BCUT2D eigenvalue weighted by molar-refractivity contribution is 0.102. The molecule has 0 aliphatic heterocycles. The third-order valence-electron chi connectivity index (χ3n) is 3.78. The van der Waals surface area contributed by atoms with Crippen molar-refractivity contribution in [3.8, 4) is 0 Å². The summed E-state index contributed by atoms with van der Waals surface area (Å²) < 4.78 is 5.17. The molecule has 0 aliphatic rings. The van der Waals surface area contributed by atoms with Crippen molar-refractivity contribution in [2.45, 2.75) is 13.5 Å². The molecule has 26 heavy (non-hydrogen) atoms. The fraction of sp³-hybridized carbons (Fsp3) is 0.100. The van der Waals surface area contributed by atoms with Crippen LogP contribution in [0.1, 0.15) is 21.7 Å². The van der Waals surface area contributed by atoms with Crippen LogP contribution in [0.5, 0.6) is 0 Å². The van der Waals surface area contributed by atoms with Crippen molar-refractivity contribution in [1.29, 1.82) is 0 Å². The maximum absolute atomic E-state index is 12.4. The van der Waals surface area contributed by atoms with Gasteiger partial charge in [0.15, 0.2) is 0 Å². The first-order valence-corrected chi connectivity index (χ1v) is 8.16. The molecule has 0 unspecified atom stereocenters. The Morgan fingerprint density at radius 2 is 1.77 bits per heavy atom. The molecule has 132 valence electrons. The zero-order valence-electron chi connectivity index (χ0n) is 14.3. The van der Waals surface area contributed by atoms with Gasteiger partial charge in [0.25, 0.3) is 5.91 Å². The number of para-hydroxylation sites is 1. The molecule has 0 saturated carbocycles. The van der Waals surface area contributed by atoms with E-state index in [4.69, 9.17) is 4.42 Å². The molecule has 3 amide bonds. The van der Waals surface area contributed by atoms with Crippen LogP contribution in [-0.4, -0.2) is 11.9 Å². The molecule has 3 rings (SSSR count). The van der Waals surface area contributed by atoms with E-state index in [-0.39, 0.29) is 18.5 Å². The van der Waals surface area contributed by atoms with Gasteiger partial charge in [0.2, 0.25) is 0 Å². The highest BCUT2D eigenvalue weighted by atomic mass is 16.3. The number of anilines is 2. The zero-order chi connectivity index (χ0) is 18.4. The van der Waals surface area contributed by atoms with Gasteiger partial charge >= 0.3 is 6.03 Å². The topological polar surface area (TPSA) is 83.4 Å². The molecule has 0 spiro atoms. The highest BCUT2D eigenvalue weighted by Crippen LogP contribution is 2.18. The van der Waals surface area contributed by atoms with E-state index >= 15 is 0 Å². The van der Waals surface area contributed by atoms with Gasteiger partial charge in [-0.1, -0.05) is 24.3 Å². The summed E-state index contributed by atoms with van der Waals surface area (Å²) in [5.74, 6) is 0.420. The normalized spacial score (nSPS) is 10.2. The minimum absolute atomic E-state index is 0.241. The molecular formula is C20H19N3O3. The first-order valence-electron chi connectivity index (χ1n) is 8.16. The van der Waals surface area contributed by atoms with Crippen LogP contribution in [0.2, 0.25) is 0 Å². The van der Waals surface area contributed by atoms with Crippen LogP contribution < -0.4 is 16.0 Å². The summed E-state index contributed by atoms with van der Waals surface area (Å²) in [6, 6.07) is 17.5. The van der Waals surface area contributed by atoms with Gasteiger partial charge in [0.1, 0.15) is 5.76 Å². The Kier molecular flexibility index (Phi) is 5.34. The van der Waals surface area contributed by atoms with Gasteiger partial charge in [-0.3, -0.25) is 4.79 Å². The Bertz CT molecular complexity index is 890. The maximum Gasteiger partial charge on any atom is 0.319 e. The van der Waals surface area contributed by atoms with Crippen molar-refractivity contribution in [2.24, 2.45) is 0 Å². The number of hydrogen-bond acceptors (Lipinski definition) is 3. The van der Waals surface area contributed by atoms with Crippen LogP contribution in [0, 0.1) is 6.92 Å². The van der Waals surface area contributed by atoms with E-state index in [0.29, 0.717) is 22.7 Å². The van der Waals surface area contributed by atoms with Gasteiger partial charge in [-0.05, 0) is 48.9 Å². The van der Waals surface area contributed by atoms with Crippen molar-refractivity contribution in [3.63, 3.8) is 0 Å². The van der Waals surface area contributed by atoms with E-state index in [2.05, 4.69) is 16.0 Å². The van der Waals surface area contributed by atoms with Gasteiger partial charge in [0, 0.05) is 16.9 Å². The third kappa shape index (κ3) is 4.51. The Balaban J connectivity index is 1.65. The molecule has 6 nitrogen and oxygen atoms in total. The minimum Gasteiger partial charge on any atom is -0.467 e. The number of carbonyl (C=O) groups excluding carboxylic acids is 2. The first-order chi connectivity index (χ1) is 12.6. The largest absolute Gasteiger partial charge is 0.467 e. The molecule has 0 aliphatic carbocycles. The summed E-state index contributed by atoms with van der Waals surface area (Å²) in [6.07, 6.45) is 1.55. The van der Waals surface area contributed by atoms with Crippen molar-refractivity contribution in [1.82, 2.24) is 5.32 Å². The van der Waals surface area contributed by atoms with Crippen molar-refractivity contribution < 1.29 is 14.0 Å². The Morgan fingerprint density at radius 1 is 0.962 bits per heavy atom. The van der Waals surface area contributed by atoms with Gasteiger partial charge in [0.05, 0.1) is 12.8 Å². The Morgan fingerprint density at radius 3 is 2.50 bits per heavy atom. The second kappa shape index (κ2) is 8.02. The van der Waals surface area contributed by atoms with E-state index in [1.54, 1.807) is 36.6 Å². The van der Waals surface area contributed by atoms with Gasteiger partial charge < -0.3 is 20.4 Å². The molecule has 2 aromatic carbocycles. The Labute approximate surface area is 151 Å². The number of benzene rings is 2. The number of amides is 3. The van der Waals surface area contributed by atoms with E-state index in [1.165, 1.54) is 0 Å². The number of hydrogen-bond donors (Lipinski definition) is 3. The summed E-state index contributed by atoms with van der Waals surface area (Å²) in [4.78, 5) is 24.5. The van der Waals surface area contributed by atoms with Crippen LogP contribution in [0.3, 0.4) is 0 Å². The van der Waals surface area contributed by atoms with Crippen LogP contribution in [0.25, 0.3) is 0 Å². The molecule has 1 aromatic heterocycles. The molecule has 0 radical (unpaired) electrons. The van der Waals surface area contributed by atoms with E-state index in [1.807, 2.05) is 37.3 Å². The lowest BCUT2D eigenvalue weighted by atomic mass is 10.1. The summed E-state index contributed by atoms with van der Waals surface area (Å²) in [7, 11) is 0. The lowest BCUT2D eigenvalue weighted by Crippen LogP contribution is -2.28. The molecule has 1 heterocycles. The standard InChI is InChI=1S/C20H19N3O3/c1-14-9-10-15(19(24)22-16-6-3-2-4-7-16)12-18(14)23-20(25)21-13-17-8-5-11-26-17/h2-12H,13H2,1H3,(H,22,24)(H2,21,23,25). The smallest absolute Gasteiger partial charge is 0.319 e. The van der Waals surface area contributed by atoms with Crippen LogP contribution in [-0.2, 0) is 6.54 Å². The molecule has 3 N–H and O–H groups in total. The number of nitrogens with one attached hydrogen (secondary N) is 3. The first kappa shape index (κ1) is 17.3. The van der Waals surface area contributed by atoms with Crippen molar-refractivity contribution in [3.05, 3.63) is 83.8 Å². The van der Waals surface area contributed by atoms with E-state index < -0.39 is 0 Å². The number of rotatable bonds is 5. The van der Waals surface area contributed by atoms with Gasteiger partial charge in [-0.25, -0.2) is 4.79 Å². The average Bonchev–Trinajstić information content (AvgIpc) is 3.16. The molecule has 3 aromatic rings. The highest BCUT2D eigenvalue weighted by molar-refractivity contribution is 6.05. The number of furan rings is 1. The monoisotopic (exact) mass is 349 g/mol. The number of carbonyl (C=O) groups is 2. The fourth-order valence-corrected chi connectivity index (χ4v) is 2.37. The lowest BCUT2D eigenvalue weighted by Gasteiger charge is -2.11. The summed E-state index contributed by atoms with van der Waals surface area (Å²) in [5.41, 5.74) is 2.60. The average molecular weight is 349 g/mol. The van der Waals surface area contributed by atoms with Crippen LogP contribution in [0.15, 0.2) is 71.3 Å². The van der Waals surface area contributed by atoms with Crippen LogP contribution >= 0.6 is 0 Å². The molecule has 0 saturated heterocycles. The van der Waals surface area contributed by atoms with Crippen LogP contribution in [0.4, 0.5) is 16.2 Å². The predicted octanol–water partition coefficient (Wildman–Crippen LogP) is 4.16. The molecule has 0 atom stereocenters. The van der Waals surface area contributed by atoms with E-state index in [0.717, 1.165) is 5.56 Å². The SMILES string of the molecule is Cc1ccc(C(=O)Nc2ccccc2)cc1NC(=O)NCc1ccco1. The molecule has 6 heteroatoms. The molecule has 0 bridgehead atoms. The fourth-order valence-electron chi connectivity index (χ4n) is 2.37. The second-order valence-electron chi connectivity index (χ2n) is 5.74. The second-order valence-corrected chi connectivity index (χ2v) is 5.74. The minimum atomic E-state index is -0.370. The summed E-state index contributed by atoms with van der Waals surface area (Å²) in [6.45, 7) is 2.15. The summed E-state index contributed by atoms with van der Waals surface area (Å²) >= 11 is 0. The summed E-state index contributed by atoms with van der Waals surface area (Å²) in [5, 5.41) is 8.29. The number of urea groups is 1. The highest BCUT2D eigenvalue weighted by Gasteiger charge is 2.11. The zero-order valence-corrected chi connectivity index (χ0v) is 14.3. The van der Waals surface area contributed by atoms with Gasteiger partial charge in [-0.15, -0.1) is 0 Å². The van der Waals surface area contributed by atoms with Crippen molar-refractivity contribution in [2.75, 3.05) is 10.6 Å². The predicted molar refractivity (Wildman–Crippen MR) is 100 cm³/mol. The van der Waals surface area contributed by atoms with Gasteiger partial charge in [-0.2, -0.15) is 0 Å². The number of aryl methyl sites for hydroxylation is 1. The quantitative estimate of drug-likeness (QED) is 0.647. The molecule has 0 fully saturated rings. The van der Waals surface area contributed by atoms with Crippen molar-refractivity contribution >= 4 is 23.3 Å². The Hall–Kier alpha value is -3.54. The maximum atomic E-state index is 12.4.